The Morgan fingerprint density at radius 3 is 2.67 bits per heavy atom. The number of nitro groups is 1. The van der Waals surface area contributed by atoms with Crippen LogP contribution in [0.4, 0.5) is 5.69 Å². The number of carbonyl (C=O) groups is 2. The summed E-state index contributed by atoms with van der Waals surface area (Å²) in [6.07, 6.45) is 4.82. The van der Waals surface area contributed by atoms with Gasteiger partial charge in [0.15, 0.2) is 5.78 Å². The molecule has 0 aliphatic heterocycles. The Hall–Kier alpha value is -3.25. The Morgan fingerprint density at radius 2 is 1.93 bits per heavy atom. The first-order chi connectivity index (χ1) is 13.0. The van der Waals surface area contributed by atoms with Gasteiger partial charge in [-0.25, -0.2) is 0 Å². The number of alkyl halides is 1. The third-order valence-electron chi connectivity index (χ3n) is 4.08. The lowest BCUT2D eigenvalue weighted by Crippen LogP contribution is -2.09. The molecule has 0 bridgehead atoms. The molecule has 1 aromatic heterocycles. The van der Waals surface area contributed by atoms with Crippen molar-refractivity contribution in [3.8, 4) is 0 Å². The van der Waals surface area contributed by atoms with Crippen LogP contribution in [-0.2, 0) is 0 Å². The van der Waals surface area contributed by atoms with Gasteiger partial charge in [0.2, 0.25) is 5.91 Å². The molecule has 0 amide bonds. The van der Waals surface area contributed by atoms with Crippen molar-refractivity contribution in [3.63, 3.8) is 0 Å². The van der Waals surface area contributed by atoms with Gasteiger partial charge in [-0.1, -0.05) is 30.3 Å². The Morgan fingerprint density at radius 1 is 1.15 bits per heavy atom. The maximum Gasteiger partial charge on any atom is 0.270 e. The summed E-state index contributed by atoms with van der Waals surface area (Å²) in [7, 11) is 0. The molecule has 0 saturated carbocycles. The summed E-state index contributed by atoms with van der Waals surface area (Å²) in [5.41, 5.74) is 1.52. The quantitative estimate of drug-likeness (QED) is 0.203. The molecule has 3 aromatic rings. The average Bonchev–Trinajstić information content (AvgIpc) is 3.05. The monoisotopic (exact) mass is 382 g/mol. The maximum atomic E-state index is 12.4. The lowest BCUT2D eigenvalue weighted by atomic mass is 10.1. The summed E-state index contributed by atoms with van der Waals surface area (Å²) in [6.45, 7) is 0. The number of nitrogens with zero attached hydrogens (tertiary/aromatic N) is 2. The van der Waals surface area contributed by atoms with Gasteiger partial charge >= 0.3 is 0 Å². The smallest absolute Gasteiger partial charge is 0.270 e. The fraction of sp³-hybridized carbons (Fsp3) is 0.100. The highest BCUT2D eigenvalue weighted by molar-refractivity contribution is 6.19. The fourth-order valence-electron chi connectivity index (χ4n) is 2.78. The molecule has 1 heterocycles. The number of ketones is 1. The molecule has 0 radical (unpaired) electrons. The van der Waals surface area contributed by atoms with E-state index in [0.29, 0.717) is 5.56 Å². The van der Waals surface area contributed by atoms with Crippen LogP contribution in [0.2, 0.25) is 0 Å². The number of aromatic nitrogens is 1. The minimum absolute atomic E-state index is 0.133. The van der Waals surface area contributed by atoms with Gasteiger partial charge in [-0.15, -0.1) is 11.6 Å². The zero-order chi connectivity index (χ0) is 19.4. The van der Waals surface area contributed by atoms with Gasteiger partial charge in [-0.2, -0.15) is 0 Å². The molecule has 0 aliphatic carbocycles. The number of rotatable bonds is 6. The predicted octanol–water partition coefficient (Wildman–Crippen LogP) is 4.71. The van der Waals surface area contributed by atoms with E-state index < -0.39 is 4.92 Å². The van der Waals surface area contributed by atoms with Crippen molar-refractivity contribution in [2.45, 2.75) is 6.42 Å². The first-order valence-electron chi connectivity index (χ1n) is 8.17. The van der Waals surface area contributed by atoms with Crippen LogP contribution in [0.5, 0.6) is 0 Å². The number of nitro benzene ring substituents is 1. The number of carbonyl (C=O) groups excluding carboxylic acids is 2. The van der Waals surface area contributed by atoms with Crippen molar-refractivity contribution >= 4 is 46.0 Å². The van der Waals surface area contributed by atoms with Crippen LogP contribution in [0.3, 0.4) is 0 Å². The van der Waals surface area contributed by atoms with E-state index in [9.17, 15) is 19.7 Å². The molecule has 27 heavy (non-hydrogen) atoms. The van der Waals surface area contributed by atoms with Crippen LogP contribution >= 0.6 is 11.6 Å². The summed E-state index contributed by atoms with van der Waals surface area (Å²) < 4.78 is 1.52. The van der Waals surface area contributed by atoms with E-state index >= 15 is 0 Å². The van der Waals surface area contributed by atoms with E-state index in [1.807, 2.05) is 24.3 Å². The molecule has 0 saturated heterocycles. The van der Waals surface area contributed by atoms with Crippen molar-refractivity contribution in [1.29, 1.82) is 0 Å². The molecule has 7 heteroatoms. The van der Waals surface area contributed by atoms with Crippen molar-refractivity contribution in [1.82, 2.24) is 4.57 Å². The molecule has 0 fully saturated rings. The minimum atomic E-state index is -0.545. The maximum absolute atomic E-state index is 12.4. The summed E-state index contributed by atoms with van der Waals surface area (Å²) in [4.78, 5) is 34.9. The van der Waals surface area contributed by atoms with E-state index in [0.717, 1.165) is 10.9 Å². The van der Waals surface area contributed by atoms with Crippen LogP contribution in [0.1, 0.15) is 27.1 Å². The molecule has 0 atom stereocenters. The van der Waals surface area contributed by atoms with E-state index in [2.05, 4.69) is 0 Å². The molecule has 0 aliphatic rings. The molecule has 2 aromatic carbocycles. The molecule has 0 unspecified atom stereocenters. The fourth-order valence-corrected chi connectivity index (χ4v) is 2.94. The highest BCUT2D eigenvalue weighted by atomic mass is 35.5. The van der Waals surface area contributed by atoms with Crippen molar-refractivity contribution < 1.29 is 14.5 Å². The van der Waals surface area contributed by atoms with Crippen LogP contribution in [0.15, 0.2) is 60.8 Å². The zero-order valence-electron chi connectivity index (χ0n) is 14.2. The van der Waals surface area contributed by atoms with E-state index in [1.165, 1.54) is 34.9 Å². The summed E-state index contributed by atoms with van der Waals surface area (Å²) in [5.74, 6) is -0.268. The first-order valence-corrected chi connectivity index (χ1v) is 8.71. The van der Waals surface area contributed by atoms with E-state index in [-0.39, 0.29) is 35.2 Å². The van der Waals surface area contributed by atoms with Gasteiger partial charge in [-0.3, -0.25) is 24.3 Å². The van der Waals surface area contributed by atoms with Crippen molar-refractivity contribution in [2.75, 3.05) is 5.88 Å². The first kappa shape index (κ1) is 18.5. The summed E-state index contributed by atoms with van der Waals surface area (Å²) >= 11 is 5.67. The normalized spacial score (nSPS) is 11.1. The number of benzene rings is 2. The number of fused-ring (bicyclic) bond motifs is 1. The van der Waals surface area contributed by atoms with Crippen LogP contribution in [0.25, 0.3) is 17.0 Å². The number of para-hydroxylation sites is 1. The Kier molecular flexibility index (Phi) is 5.47. The minimum Gasteiger partial charge on any atom is -0.289 e. The van der Waals surface area contributed by atoms with Crippen molar-refractivity contribution in [3.05, 3.63) is 82.0 Å². The van der Waals surface area contributed by atoms with Crippen molar-refractivity contribution in [2.24, 2.45) is 0 Å². The van der Waals surface area contributed by atoms with Gasteiger partial charge in [0, 0.05) is 47.1 Å². The molecule has 0 N–H and O–H groups in total. The third-order valence-corrected chi connectivity index (χ3v) is 4.26. The average molecular weight is 383 g/mol. The standard InChI is InChI=1S/C20H15ClN2O4/c21-11-10-20(25)22-13-15(17-6-1-2-7-18(17)22)8-9-19(24)14-4-3-5-16(12-14)23(26)27/h1-9,12-13H,10-11H2/b9-8+. The zero-order valence-corrected chi connectivity index (χ0v) is 14.9. The molecule has 6 nitrogen and oxygen atoms in total. The van der Waals surface area contributed by atoms with Crippen LogP contribution in [-0.4, -0.2) is 27.1 Å². The van der Waals surface area contributed by atoms with Gasteiger partial charge in [0.05, 0.1) is 10.4 Å². The van der Waals surface area contributed by atoms with Gasteiger partial charge in [0.25, 0.3) is 5.69 Å². The van der Waals surface area contributed by atoms with Gasteiger partial charge in [-0.05, 0) is 18.2 Å². The molecule has 0 spiro atoms. The summed E-state index contributed by atoms with van der Waals surface area (Å²) in [6, 6.07) is 12.9. The van der Waals surface area contributed by atoms with Gasteiger partial charge in [0.1, 0.15) is 0 Å². The largest absolute Gasteiger partial charge is 0.289 e. The van der Waals surface area contributed by atoms with Gasteiger partial charge < -0.3 is 0 Å². The Balaban J connectivity index is 1.94. The second-order valence-electron chi connectivity index (χ2n) is 5.81. The molecule has 136 valence electrons. The highest BCUT2D eigenvalue weighted by Crippen LogP contribution is 2.23. The lowest BCUT2D eigenvalue weighted by molar-refractivity contribution is -0.384. The number of non-ortho nitro benzene ring substituents is 1. The van der Waals surface area contributed by atoms with E-state index in [4.69, 9.17) is 11.6 Å². The predicted molar refractivity (Wildman–Crippen MR) is 104 cm³/mol. The number of hydrogen-bond acceptors (Lipinski definition) is 4. The Labute approximate surface area is 159 Å². The molecule has 3 rings (SSSR count). The van der Waals surface area contributed by atoms with E-state index in [1.54, 1.807) is 12.3 Å². The lowest BCUT2D eigenvalue weighted by Gasteiger charge is -2.01. The Bertz CT molecular complexity index is 1070. The number of hydrogen-bond donors (Lipinski definition) is 0. The topological polar surface area (TPSA) is 82.2 Å². The molecular weight excluding hydrogens is 368 g/mol. The second-order valence-corrected chi connectivity index (χ2v) is 6.19. The highest BCUT2D eigenvalue weighted by Gasteiger charge is 2.13. The third kappa shape index (κ3) is 3.96. The van der Waals surface area contributed by atoms with Crippen LogP contribution in [0, 0.1) is 10.1 Å². The second kappa shape index (κ2) is 7.97. The molecular formula is C20H15ClN2O4. The number of allylic oxidation sites excluding steroid dienone is 1. The van der Waals surface area contributed by atoms with Crippen LogP contribution < -0.4 is 0 Å². The summed E-state index contributed by atoms with van der Waals surface area (Å²) in [5, 5.41) is 11.7. The SMILES string of the molecule is O=C(/C=C/c1cn(C(=O)CCCl)c2ccccc12)c1cccc([N+](=O)[O-])c1. The number of halogens is 1.